The number of aromatic nitrogens is 2. The highest BCUT2D eigenvalue weighted by molar-refractivity contribution is 7.91. The third kappa shape index (κ3) is 1.80. The Balaban J connectivity index is 1.93. The Morgan fingerprint density at radius 2 is 2.24 bits per heavy atom. The number of hydrogen-bond donors (Lipinski definition) is 0. The lowest BCUT2D eigenvalue weighted by atomic mass is 10.4. The molecule has 17 heavy (non-hydrogen) atoms. The Bertz CT molecular complexity index is 616. The topological polar surface area (TPSA) is 55.2 Å². The summed E-state index contributed by atoms with van der Waals surface area (Å²) < 4.78 is 28.4. The van der Waals surface area contributed by atoms with Crippen LogP contribution in [-0.2, 0) is 23.1 Å². The number of hydrogen-bond acceptors (Lipinski definition) is 4. The maximum atomic E-state index is 12.3. The van der Waals surface area contributed by atoms with E-state index >= 15 is 0 Å². The minimum Gasteiger partial charge on any atom is -0.333 e. The lowest BCUT2D eigenvalue weighted by Gasteiger charge is -2.26. The van der Waals surface area contributed by atoms with Crippen LogP contribution in [0.3, 0.4) is 0 Å². The van der Waals surface area contributed by atoms with Crippen molar-refractivity contribution in [2.45, 2.75) is 17.3 Å². The summed E-state index contributed by atoms with van der Waals surface area (Å²) in [5.74, 6) is 0.802. The molecule has 0 saturated heterocycles. The molecule has 0 radical (unpaired) electrons. The number of rotatable bonds is 2. The van der Waals surface area contributed by atoms with E-state index in [1.54, 1.807) is 23.7 Å². The van der Waals surface area contributed by atoms with Gasteiger partial charge in [0.2, 0.25) is 0 Å². The molecule has 7 heteroatoms. The standard InChI is InChI=1S/C10H11N3O2S2/c14-17(15,10-2-1-7-16-10)13-6-5-12-4-3-11-9(12)8-13/h1-4,7H,5-6,8H2. The van der Waals surface area contributed by atoms with Crippen LogP contribution in [0.5, 0.6) is 0 Å². The minimum atomic E-state index is -3.34. The van der Waals surface area contributed by atoms with E-state index in [9.17, 15) is 8.42 Å². The predicted octanol–water partition coefficient (Wildman–Crippen LogP) is 1.15. The first-order chi connectivity index (χ1) is 8.18. The largest absolute Gasteiger partial charge is 0.333 e. The van der Waals surface area contributed by atoms with E-state index in [4.69, 9.17) is 0 Å². The molecule has 2 aromatic rings. The molecule has 0 fully saturated rings. The molecule has 0 bridgehead atoms. The van der Waals surface area contributed by atoms with E-state index in [-0.39, 0.29) is 0 Å². The number of thiophene rings is 1. The third-order valence-electron chi connectivity index (χ3n) is 2.80. The van der Waals surface area contributed by atoms with Crippen LogP contribution >= 0.6 is 11.3 Å². The molecule has 0 aromatic carbocycles. The first-order valence-corrected chi connectivity index (χ1v) is 7.53. The zero-order chi connectivity index (χ0) is 11.9. The Kier molecular flexibility index (Phi) is 2.53. The molecule has 5 nitrogen and oxygen atoms in total. The fraction of sp³-hybridized carbons (Fsp3) is 0.300. The van der Waals surface area contributed by atoms with Crippen molar-refractivity contribution < 1.29 is 8.42 Å². The van der Waals surface area contributed by atoms with Gasteiger partial charge < -0.3 is 4.57 Å². The van der Waals surface area contributed by atoms with Gasteiger partial charge in [0.25, 0.3) is 10.0 Å². The third-order valence-corrected chi connectivity index (χ3v) is 6.02. The summed E-state index contributed by atoms with van der Waals surface area (Å²) in [5.41, 5.74) is 0. The number of sulfonamides is 1. The van der Waals surface area contributed by atoms with Gasteiger partial charge in [0.1, 0.15) is 10.0 Å². The number of fused-ring (bicyclic) bond motifs is 1. The second kappa shape index (κ2) is 3.94. The van der Waals surface area contributed by atoms with Crippen LogP contribution in [0.1, 0.15) is 5.82 Å². The zero-order valence-electron chi connectivity index (χ0n) is 8.98. The van der Waals surface area contributed by atoms with Crippen molar-refractivity contribution in [3.63, 3.8) is 0 Å². The molecule has 0 saturated carbocycles. The molecule has 0 unspecified atom stereocenters. The van der Waals surface area contributed by atoms with Gasteiger partial charge in [0, 0.05) is 25.5 Å². The predicted molar refractivity (Wildman–Crippen MR) is 64.1 cm³/mol. The maximum absolute atomic E-state index is 12.3. The van der Waals surface area contributed by atoms with Crippen molar-refractivity contribution in [2.75, 3.05) is 6.54 Å². The summed E-state index contributed by atoms with van der Waals surface area (Å²) in [4.78, 5) is 4.16. The highest BCUT2D eigenvalue weighted by atomic mass is 32.2. The Morgan fingerprint density at radius 3 is 3.00 bits per heavy atom. The smallest absolute Gasteiger partial charge is 0.253 e. The maximum Gasteiger partial charge on any atom is 0.253 e. The molecule has 1 aliphatic heterocycles. The highest BCUT2D eigenvalue weighted by Gasteiger charge is 2.29. The van der Waals surface area contributed by atoms with Gasteiger partial charge in [-0.1, -0.05) is 6.07 Å². The van der Waals surface area contributed by atoms with Crippen molar-refractivity contribution in [1.82, 2.24) is 13.9 Å². The first-order valence-electron chi connectivity index (χ1n) is 5.21. The normalized spacial score (nSPS) is 16.9. The van der Waals surface area contributed by atoms with Crippen LogP contribution in [0.2, 0.25) is 0 Å². The number of nitrogens with zero attached hydrogens (tertiary/aromatic N) is 3. The van der Waals surface area contributed by atoms with Gasteiger partial charge in [0.15, 0.2) is 0 Å². The summed E-state index contributed by atoms with van der Waals surface area (Å²) in [6.45, 7) is 1.52. The Labute approximate surface area is 103 Å². The second-order valence-corrected chi connectivity index (χ2v) is 6.92. The minimum absolute atomic E-state index is 0.354. The monoisotopic (exact) mass is 269 g/mol. The average Bonchev–Trinajstić information content (AvgIpc) is 2.99. The van der Waals surface area contributed by atoms with Crippen LogP contribution in [0.25, 0.3) is 0 Å². The van der Waals surface area contributed by atoms with Crippen LogP contribution in [-0.4, -0.2) is 28.8 Å². The van der Waals surface area contributed by atoms with E-state index < -0.39 is 10.0 Å². The van der Waals surface area contributed by atoms with Gasteiger partial charge in [0.05, 0.1) is 6.54 Å². The fourth-order valence-electron chi connectivity index (χ4n) is 1.89. The molecular weight excluding hydrogens is 258 g/mol. The molecule has 3 rings (SSSR count). The Morgan fingerprint density at radius 1 is 1.35 bits per heavy atom. The summed E-state index contributed by atoms with van der Waals surface area (Å²) in [6, 6.07) is 3.39. The lowest BCUT2D eigenvalue weighted by molar-refractivity contribution is 0.336. The summed E-state index contributed by atoms with van der Waals surface area (Å²) >= 11 is 1.25. The SMILES string of the molecule is O=S(=O)(c1cccs1)N1CCn2ccnc2C1. The van der Waals surface area contributed by atoms with Crippen LogP contribution in [0.15, 0.2) is 34.1 Å². The van der Waals surface area contributed by atoms with Crippen LogP contribution < -0.4 is 0 Å². The summed E-state index contributed by atoms with van der Waals surface area (Å²) in [5, 5.41) is 1.78. The second-order valence-electron chi connectivity index (χ2n) is 3.81. The van der Waals surface area contributed by atoms with E-state index in [1.165, 1.54) is 15.6 Å². The molecular formula is C10H11N3O2S2. The van der Waals surface area contributed by atoms with Gasteiger partial charge in [-0.25, -0.2) is 13.4 Å². The first kappa shape index (κ1) is 10.9. The van der Waals surface area contributed by atoms with E-state index in [2.05, 4.69) is 4.98 Å². The van der Waals surface area contributed by atoms with Crippen LogP contribution in [0, 0.1) is 0 Å². The van der Waals surface area contributed by atoms with Crippen molar-refractivity contribution >= 4 is 21.4 Å². The molecule has 2 aromatic heterocycles. The van der Waals surface area contributed by atoms with Gasteiger partial charge in [-0.15, -0.1) is 11.3 Å². The van der Waals surface area contributed by atoms with E-state index in [1.807, 2.05) is 10.8 Å². The lowest BCUT2D eigenvalue weighted by Crippen LogP contribution is -2.37. The van der Waals surface area contributed by atoms with E-state index in [0.29, 0.717) is 23.8 Å². The van der Waals surface area contributed by atoms with E-state index in [0.717, 1.165) is 5.82 Å². The van der Waals surface area contributed by atoms with Crippen molar-refractivity contribution in [1.29, 1.82) is 0 Å². The van der Waals surface area contributed by atoms with Crippen LogP contribution in [0.4, 0.5) is 0 Å². The van der Waals surface area contributed by atoms with Crippen molar-refractivity contribution in [3.05, 3.63) is 35.7 Å². The molecule has 90 valence electrons. The molecule has 0 N–H and O–H groups in total. The Hall–Kier alpha value is -1.18. The molecule has 0 aliphatic carbocycles. The fourth-order valence-corrected chi connectivity index (χ4v) is 4.42. The summed E-state index contributed by atoms with van der Waals surface area (Å²) in [7, 11) is -3.34. The average molecular weight is 269 g/mol. The molecule has 0 amide bonds. The zero-order valence-corrected chi connectivity index (χ0v) is 10.6. The van der Waals surface area contributed by atoms with Gasteiger partial charge >= 0.3 is 0 Å². The quantitative estimate of drug-likeness (QED) is 0.822. The van der Waals surface area contributed by atoms with Gasteiger partial charge in [-0.3, -0.25) is 0 Å². The molecule has 0 spiro atoms. The number of imidazole rings is 1. The summed E-state index contributed by atoms with van der Waals surface area (Å²) in [6.07, 6.45) is 3.58. The molecule has 0 atom stereocenters. The molecule has 1 aliphatic rings. The van der Waals surface area contributed by atoms with Crippen molar-refractivity contribution in [2.24, 2.45) is 0 Å². The van der Waals surface area contributed by atoms with Gasteiger partial charge in [-0.2, -0.15) is 4.31 Å². The molecule has 3 heterocycles. The van der Waals surface area contributed by atoms with Gasteiger partial charge in [-0.05, 0) is 11.4 Å². The van der Waals surface area contributed by atoms with Crippen molar-refractivity contribution in [3.8, 4) is 0 Å². The highest BCUT2D eigenvalue weighted by Crippen LogP contribution is 2.24.